The zero-order valence-electron chi connectivity index (χ0n) is 16.6. The van der Waals surface area contributed by atoms with Crippen LogP contribution in [0.1, 0.15) is 11.6 Å². The highest BCUT2D eigenvalue weighted by Gasteiger charge is 2.31. The van der Waals surface area contributed by atoms with Gasteiger partial charge in [0, 0.05) is 30.2 Å². The summed E-state index contributed by atoms with van der Waals surface area (Å²) >= 11 is 0.757. The molecule has 1 aromatic heterocycles. The van der Waals surface area contributed by atoms with Crippen molar-refractivity contribution < 1.29 is 31.4 Å². The van der Waals surface area contributed by atoms with Crippen molar-refractivity contribution in [3.05, 3.63) is 59.9 Å². The van der Waals surface area contributed by atoms with Crippen LogP contribution in [0.4, 0.5) is 13.9 Å². The summed E-state index contributed by atoms with van der Waals surface area (Å²) in [7, 11) is -2.88. The van der Waals surface area contributed by atoms with Gasteiger partial charge in [-0.2, -0.15) is 4.37 Å². The van der Waals surface area contributed by atoms with Gasteiger partial charge in [0.2, 0.25) is 11.4 Å². The van der Waals surface area contributed by atoms with Gasteiger partial charge in [-0.15, -0.1) is 0 Å². The van der Waals surface area contributed by atoms with Crippen molar-refractivity contribution in [3.8, 4) is 11.5 Å². The smallest absolute Gasteiger partial charge is 0.266 e. The zero-order valence-corrected chi connectivity index (χ0v) is 18.3. The standard InChI is InChI=1S/C19H18F2N4O5S2/c1-28-12-4-2-3-11(7-12)17-18(29-6-5-22-17)30-15-8-14(21)16(9-13(15)20)32(26,27)25-19-23-10-24-31-19/h2-4,7-10,17-18,22H,5-6H2,1H3,(H,23,24,25). The molecule has 0 bridgehead atoms. The summed E-state index contributed by atoms with van der Waals surface area (Å²) in [6.07, 6.45) is 0.139. The number of anilines is 1. The number of methoxy groups -OCH3 is 1. The fourth-order valence-corrected chi connectivity index (χ4v) is 4.85. The Morgan fingerprint density at radius 3 is 2.84 bits per heavy atom. The van der Waals surface area contributed by atoms with Crippen molar-refractivity contribution in [3.63, 3.8) is 0 Å². The van der Waals surface area contributed by atoms with Crippen molar-refractivity contribution in [2.75, 3.05) is 25.0 Å². The molecule has 1 saturated heterocycles. The third kappa shape index (κ3) is 4.80. The number of morpholine rings is 1. The van der Waals surface area contributed by atoms with Crippen LogP contribution in [0.25, 0.3) is 0 Å². The van der Waals surface area contributed by atoms with Crippen LogP contribution in [0.2, 0.25) is 0 Å². The van der Waals surface area contributed by atoms with E-state index in [1.165, 1.54) is 7.11 Å². The molecule has 0 aliphatic carbocycles. The Hall–Kier alpha value is -2.87. The molecule has 13 heteroatoms. The summed E-state index contributed by atoms with van der Waals surface area (Å²) in [4.78, 5) is 2.78. The van der Waals surface area contributed by atoms with Crippen LogP contribution in [-0.4, -0.2) is 44.3 Å². The molecule has 1 aliphatic heterocycles. The van der Waals surface area contributed by atoms with E-state index in [2.05, 4.69) is 14.7 Å². The first-order valence-electron chi connectivity index (χ1n) is 9.31. The molecule has 2 N–H and O–H groups in total. The molecule has 2 aromatic carbocycles. The number of aromatic nitrogens is 2. The van der Waals surface area contributed by atoms with Crippen LogP contribution in [0.15, 0.2) is 47.6 Å². The molecule has 2 heterocycles. The highest BCUT2D eigenvalue weighted by Crippen LogP contribution is 2.31. The molecular weight excluding hydrogens is 466 g/mol. The highest BCUT2D eigenvalue weighted by molar-refractivity contribution is 7.93. The van der Waals surface area contributed by atoms with Crippen molar-refractivity contribution in [1.82, 2.24) is 14.7 Å². The van der Waals surface area contributed by atoms with Crippen molar-refractivity contribution in [1.29, 1.82) is 0 Å². The van der Waals surface area contributed by atoms with E-state index in [0.717, 1.165) is 23.4 Å². The highest BCUT2D eigenvalue weighted by atomic mass is 32.2. The lowest BCUT2D eigenvalue weighted by Gasteiger charge is -2.33. The summed E-state index contributed by atoms with van der Waals surface area (Å²) in [5, 5.41) is 3.14. The molecule has 0 spiro atoms. The summed E-state index contributed by atoms with van der Waals surface area (Å²) in [6.45, 7) is 0.806. The number of benzene rings is 2. The Morgan fingerprint density at radius 1 is 1.25 bits per heavy atom. The summed E-state index contributed by atoms with van der Waals surface area (Å²) < 4.78 is 76.4. The molecule has 9 nitrogen and oxygen atoms in total. The second-order valence-corrected chi connectivity index (χ2v) is 9.06. The monoisotopic (exact) mass is 484 g/mol. The Bertz CT molecular complexity index is 1190. The van der Waals surface area contributed by atoms with E-state index < -0.39 is 44.6 Å². The Morgan fingerprint density at radius 2 is 2.09 bits per heavy atom. The minimum absolute atomic E-state index is 0.0760. The number of nitrogens with one attached hydrogen (secondary N) is 2. The Labute approximate surface area is 186 Å². The maximum absolute atomic E-state index is 14.7. The Balaban J connectivity index is 1.58. The predicted octanol–water partition coefficient (Wildman–Crippen LogP) is 2.69. The quantitative estimate of drug-likeness (QED) is 0.527. The van der Waals surface area contributed by atoms with Gasteiger partial charge in [0.15, 0.2) is 11.6 Å². The Kier molecular flexibility index (Phi) is 6.50. The first-order chi connectivity index (χ1) is 15.4. The van der Waals surface area contributed by atoms with Gasteiger partial charge in [-0.1, -0.05) is 12.1 Å². The third-order valence-corrected chi connectivity index (χ3v) is 6.64. The van der Waals surface area contributed by atoms with Gasteiger partial charge in [-0.3, -0.25) is 4.72 Å². The second-order valence-electron chi connectivity index (χ2n) is 6.63. The molecule has 2 atom stereocenters. The van der Waals surface area contributed by atoms with Crippen LogP contribution in [0, 0.1) is 11.6 Å². The zero-order chi connectivity index (χ0) is 22.7. The summed E-state index contributed by atoms with van der Waals surface area (Å²) in [5.74, 6) is -2.13. The molecule has 2 unspecified atom stereocenters. The maximum Gasteiger partial charge on any atom is 0.266 e. The van der Waals surface area contributed by atoms with Crippen molar-refractivity contribution in [2.45, 2.75) is 17.2 Å². The van der Waals surface area contributed by atoms with Crippen LogP contribution < -0.4 is 19.5 Å². The number of hydrogen-bond donors (Lipinski definition) is 2. The molecule has 32 heavy (non-hydrogen) atoms. The normalized spacial score (nSPS) is 18.8. The molecule has 0 saturated carbocycles. The van der Waals surface area contributed by atoms with Gasteiger partial charge in [0.05, 0.1) is 19.8 Å². The number of nitrogens with zero attached hydrogens (tertiary/aromatic N) is 2. The largest absolute Gasteiger partial charge is 0.497 e. The second kappa shape index (κ2) is 9.32. The van der Waals surface area contributed by atoms with Gasteiger partial charge in [0.25, 0.3) is 10.0 Å². The third-order valence-electron chi connectivity index (χ3n) is 4.58. The molecule has 0 radical (unpaired) electrons. The molecule has 170 valence electrons. The van der Waals surface area contributed by atoms with E-state index in [-0.39, 0.29) is 11.7 Å². The van der Waals surface area contributed by atoms with Crippen LogP contribution in [0.5, 0.6) is 11.5 Å². The predicted molar refractivity (Wildman–Crippen MR) is 111 cm³/mol. The number of sulfonamides is 1. The van der Waals surface area contributed by atoms with Crippen LogP contribution in [-0.2, 0) is 14.8 Å². The minimum atomic E-state index is -4.42. The minimum Gasteiger partial charge on any atom is -0.497 e. The number of rotatable bonds is 7. The lowest BCUT2D eigenvalue weighted by Crippen LogP contribution is -2.45. The van der Waals surface area contributed by atoms with E-state index in [1.807, 2.05) is 10.8 Å². The van der Waals surface area contributed by atoms with E-state index >= 15 is 0 Å². The van der Waals surface area contributed by atoms with Gasteiger partial charge in [0.1, 0.15) is 22.8 Å². The fourth-order valence-electron chi connectivity index (χ4n) is 3.11. The lowest BCUT2D eigenvalue weighted by molar-refractivity contribution is -0.125. The van der Waals surface area contributed by atoms with Gasteiger partial charge in [-0.25, -0.2) is 22.2 Å². The van der Waals surface area contributed by atoms with E-state index in [1.54, 1.807) is 18.2 Å². The molecule has 0 amide bonds. The average molecular weight is 485 g/mol. The molecule has 4 rings (SSSR count). The fraction of sp³-hybridized carbons (Fsp3) is 0.263. The van der Waals surface area contributed by atoms with Crippen molar-refractivity contribution >= 4 is 26.7 Å². The van der Waals surface area contributed by atoms with Crippen molar-refractivity contribution in [2.24, 2.45) is 0 Å². The van der Waals surface area contributed by atoms with E-state index in [0.29, 0.717) is 24.4 Å². The summed E-state index contributed by atoms with van der Waals surface area (Å²) in [6, 6.07) is 7.86. The van der Waals surface area contributed by atoms with Gasteiger partial charge >= 0.3 is 0 Å². The first-order valence-corrected chi connectivity index (χ1v) is 11.6. The molecule has 1 fully saturated rings. The number of hydrogen-bond acceptors (Lipinski definition) is 9. The average Bonchev–Trinajstić information content (AvgIpc) is 3.28. The maximum atomic E-state index is 14.7. The SMILES string of the molecule is COc1cccc(C2NCCOC2Oc2cc(F)c(S(=O)(=O)Nc3ncns3)cc2F)c1. The lowest BCUT2D eigenvalue weighted by atomic mass is 10.0. The molecule has 3 aromatic rings. The van der Waals surface area contributed by atoms with Gasteiger partial charge < -0.3 is 19.5 Å². The van der Waals surface area contributed by atoms with E-state index in [9.17, 15) is 17.2 Å². The van der Waals surface area contributed by atoms with Gasteiger partial charge in [-0.05, 0) is 17.7 Å². The number of halogens is 2. The van der Waals surface area contributed by atoms with E-state index in [4.69, 9.17) is 14.2 Å². The van der Waals surface area contributed by atoms with Crippen LogP contribution in [0.3, 0.4) is 0 Å². The number of ether oxygens (including phenoxy) is 3. The first kappa shape index (κ1) is 22.3. The molecular formula is C19H18F2N4O5S2. The van der Waals surface area contributed by atoms with Crippen LogP contribution >= 0.6 is 11.5 Å². The topological polar surface area (TPSA) is 112 Å². The molecule has 1 aliphatic rings. The summed E-state index contributed by atoms with van der Waals surface area (Å²) in [5.41, 5.74) is 0.760.